The van der Waals surface area contributed by atoms with Crippen LogP contribution in [0.5, 0.6) is 5.75 Å². The second kappa shape index (κ2) is 10.5. The van der Waals surface area contributed by atoms with Crippen molar-refractivity contribution in [3.8, 4) is 11.8 Å². The largest absolute Gasteiger partial charge is 0.493 e. The fourth-order valence-electron chi connectivity index (χ4n) is 4.05. The number of ether oxygens (including phenoxy) is 1. The Morgan fingerprint density at radius 3 is 2.62 bits per heavy atom. The van der Waals surface area contributed by atoms with E-state index in [2.05, 4.69) is 20.9 Å². The van der Waals surface area contributed by atoms with Gasteiger partial charge < -0.3 is 25.7 Å². The minimum absolute atomic E-state index is 0.0149. The lowest BCUT2D eigenvalue weighted by atomic mass is 9.98. The van der Waals surface area contributed by atoms with Crippen LogP contribution >= 0.6 is 0 Å². The highest BCUT2D eigenvalue weighted by molar-refractivity contribution is 6.02. The smallest absolute Gasteiger partial charge is 0.271 e. The summed E-state index contributed by atoms with van der Waals surface area (Å²) >= 11 is 0. The van der Waals surface area contributed by atoms with E-state index in [0.29, 0.717) is 13.0 Å². The number of nitrogens with zero attached hydrogens (tertiary/aromatic N) is 1. The number of halogens is 2. The van der Waals surface area contributed by atoms with E-state index < -0.39 is 41.2 Å². The number of hydrogen-bond acceptors (Lipinski definition) is 5. The number of H-pyrrole nitrogens is 1. The molecule has 0 aliphatic carbocycles. The van der Waals surface area contributed by atoms with Crippen molar-refractivity contribution in [2.75, 3.05) is 13.7 Å². The summed E-state index contributed by atoms with van der Waals surface area (Å²) in [7, 11) is 1.19. The Kier molecular flexibility index (Phi) is 7.71. The Morgan fingerprint density at radius 2 is 2.03 bits per heavy atom. The Morgan fingerprint density at radius 1 is 1.29 bits per heavy atom. The summed E-state index contributed by atoms with van der Waals surface area (Å²) in [6.45, 7) is 4.20. The molecule has 1 aliphatic heterocycles. The number of nitrogens with one attached hydrogen (secondary N) is 4. The minimum Gasteiger partial charge on any atom is -0.493 e. The SMILES string of the molecule is COc1c(F)ccc2[nH]c(C(=O)N[C@@H](CC(C)C)C(=O)N[C@H](C#N)C[C@@H]3CCNC3=O)c(F)c12. The van der Waals surface area contributed by atoms with Gasteiger partial charge in [-0.3, -0.25) is 14.4 Å². The number of aromatic nitrogens is 1. The number of carbonyl (C=O) groups excluding carboxylic acids is 3. The fraction of sp³-hybridized carbons (Fsp3) is 0.478. The van der Waals surface area contributed by atoms with Crippen LogP contribution in [0.2, 0.25) is 0 Å². The zero-order valence-electron chi connectivity index (χ0n) is 19.1. The highest BCUT2D eigenvalue weighted by Gasteiger charge is 2.31. The van der Waals surface area contributed by atoms with Crippen LogP contribution in [0.25, 0.3) is 10.9 Å². The lowest BCUT2D eigenvalue weighted by Gasteiger charge is -2.22. The number of rotatable bonds is 9. The van der Waals surface area contributed by atoms with Crippen molar-refractivity contribution in [2.24, 2.45) is 11.8 Å². The molecule has 182 valence electrons. The van der Waals surface area contributed by atoms with Crippen LogP contribution in [0, 0.1) is 34.8 Å². The normalized spacial score (nSPS) is 17.2. The van der Waals surface area contributed by atoms with E-state index in [0.717, 1.165) is 6.07 Å². The van der Waals surface area contributed by atoms with Gasteiger partial charge in [-0.1, -0.05) is 13.8 Å². The molecule has 0 spiro atoms. The first-order valence-electron chi connectivity index (χ1n) is 11.0. The number of nitriles is 1. The van der Waals surface area contributed by atoms with Crippen LogP contribution in [-0.2, 0) is 9.59 Å². The molecule has 0 radical (unpaired) electrons. The second-order valence-corrected chi connectivity index (χ2v) is 8.68. The van der Waals surface area contributed by atoms with Gasteiger partial charge in [0.1, 0.15) is 17.8 Å². The van der Waals surface area contributed by atoms with Crippen LogP contribution in [0.3, 0.4) is 0 Å². The van der Waals surface area contributed by atoms with Crippen molar-refractivity contribution >= 4 is 28.6 Å². The number of methoxy groups -OCH3 is 1. The molecule has 1 saturated heterocycles. The predicted octanol–water partition coefficient (Wildman–Crippen LogP) is 2.13. The lowest BCUT2D eigenvalue weighted by molar-refractivity contribution is -0.125. The molecule has 0 unspecified atom stereocenters. The summed E-state index contributed by atoms with van der Waals surface area (Å²) in [6.07, 6.45) is 0.945. The summed E-state index contributed by atoms with van der Waals surface area (Å²) in [5, 5.41) is 17.0. The van der Waals surface area contributed by atoms with E-state index >= 15 is 4.39 Å². The maximum absolute atomic E-state index is 15.0. The molecule has 3 amide bonds. The molecule has 0 bridgehead atoms. The molecular formula is C23H27F2N5O4. The summed E-state index contributed by atoms with van der Waals surface area (Å²) in [6, 6.07) is 2.35. The molecule has 1 aromatic heterocycles. The van der Waals surface area contributed by atoms with Crippen molar-refractivity contribution in [2.45, 2.75) is 45.2 Å². The van der Waals surface area contributed by atoms with E-state index in [-0.39, 0.29) is 47.2 Å². The van der Waals surface area contributed by atoms with E-state index in [4.69, 9.17) is 4.74 Å². The van der Waals surface area contributed by atoms with Crippen molar-refractivity contribution in [1.29, 1.82) is 5.26 Å². The molecule has 1 aromatic carbocycles. The minimum atomic E-state index is -1.06. The number of benzene rings is 1. The quantitative estimate of drug-likeness (QED) is 0.441. The third-order valence-electron chi connectivity index (χ3n) is 5.72. The van der Waals surface area contributed by atoms with Crippen molar-refractivity contribution in [3.05, 3.63) is 29.5 Å². The summed E-state index contributed by atoms with van der Waals surface area (Å²) in [4.78, 5) is 40.2. The van der Waals surface area contributed by atoms with E-state index in [1.54, 1.807) is 0 Å². The van der Waals surface area contributed by atoms with Gasteiger partial charge in [0.25, 0.3) is 5.91 Å². The van der Waals surface area contributed by atoms with Crippen LogP contribution in [-0.4, -0.2) is 48.4 Å². The highest BCUT2D eigenvalue weighted by Crippen LogP contribution is 2.32. The van der Waals surface area contributed by atoms with Gasteiger partial charge >= 0.3 is 0 Å². The topological polar surface area (TPSA) is 136 Å². The maximum atomic E-state index is 15.0. The summed E-state index contributed by atoms with van der Waals surface area (Å²) < 4.78 is 33.9. The van der Waals surface area contributed by atoms with Crippen molar-refractivity contribution in [1.82, 2.24) is 20.9 Å². The molecule has 0 saturated carbocycles. The standard InChI is InChI=1S/C23H27F2N5O4/c1-11(2)8-16(22(32)28-13(10-26)9-12-6-7-27-21(12)31)30-23(33)19-18(25)17-15(29-19)5-4-14(24)20(17)34-3/h4-5,11-13,16,29H,6-9H2,1-3H3,(H,27,31)(H,28,32)(H,30,33)/t12-,13-,16-/m0/s1. The van der Waals surface area contributed by atoms with Crippen LogP contribution < -0.4 is 20.7 Å². The number of amides is 3. The average Bonchev–Trinajstić information content (AvgIpc) is 3.35. The first-order valence-corrected chi connectivity index (χ1v) is 11.0. The van der Waals surface area contributed by atoms with Gasteiger partial charge in [0.05, 0.1) is 24.1 Å². The zero-order chi connectivity index (χ0) is 25.0. The Balaban J connectivity index is 1.78. The van der Waals surface area contributed by atoms with E-state index in [1.807, 2.05) is 19.9 Å². The highest BCUT2D eigenvalue weighted by atomic mass is 19.1. The van der Waals surface area contributed by atoms with Crippen LogP contribution in [0.15, 0.2) is 12.1 Å². The van der Waals surface area contributed by atoms with Gasteiger partial charge in [-0.25, -0.2) is 8.78 Å². The molecule has 2 aromatic rings. The Labute approximate surface area is 195 Å². The lowest BCUT2D eigenvalue weighted by Crippen LogP contribution is -2.50. The fourth-order valence-corrected chi connectivity index (χ4v) is 4.05. The van der Waals surface area contributed by atoms with Gasteiger partial charge in [0.2, 0.25) is 11.8 Å². The van der Waals surface area contributed by atoms with Gasteiger partial charge in [-0.05, 0) is 37.3 Å². The number of fused-ring (bicyclic) bond motifs is 1. The molecular weight excluding hydrogens is 448 g/mol. The molecule has 11 heteroatoms. The Hall–Kier alpha value is -3.68. The summed E-state index contributed by atoms with van der Waals surface area (Å²) in [5.41, 5.74) is -0.315. The molecule has 3 atom stereocenters. The molecule has 2 heterocycles. The number of carbonyl (C=O) groups is 3. The third-order valence-corrected chi connectivity index (χ3v) is 5.72. The van der Waals surface area contributed by atoms with Gasteiger partial charge in [0.15, 0.2) is 17.4 Å². The van der Waals surface area contributed by atoms with Gasteiger partial charge in [-0.2, -0.15) is 5.26 Å². The number of hydrogen-bond donors (Lipinski definition) is 4. The first-order chi connectivity index (χ1) is 16.2. The van der Waals surface area contributed by atoms with Crippen LogP contribution in [0.1, 0.15) is 43.6 Å². The predicted molar refractivity (Wildman–Crippen MR) is 119 cm³/mol. The molecule has 4 N–H and O–H groups in total. The van der Waals surface area contributed by atoms with Gasteiger partial charge in [0, 0.05) is 12.5 Å². The monoisotopic (exact) mass is 475 g/mol. The van der Waals surface area contributed by atoms with E-state index in [9.17, 15) is 24.0 Å². The maximum Gasteiger partial charge on any atom is 0.271 e. The number of aromatic amines is 1. The average molecular weight is 475 g/mol. The van der Waals surface area contributed by atoms with Crippen molar-refractivity contribution in [3.63, 3.8) is 0 Å². The molecule has 9 nitrogen and oxygen atoms in total. The van der Waals surface area contributed by atoms with Crippen molar-refractivity contribution < 1.29 is 27.9 Å². The van der Waals surface area contributed by atoms with Gasteiger partial charge in [-0.15, -0.1) is 0 Å². The zero-order valence-corrected chi connectivity index (χ0v) is 19.1. The molecule has 1 fully saturated rings. The molecule has 1 aliphatic rings. The third kappa shape index (κ3) is 5.27. The second-order valence-electron chi connectivity index (χ2n) is 8.68. The first kappa shape index (κ1) is 25.0. The molecule has 3 rings (SSSR count). The van der Waals surface area contributed by atoms with E-state index in [1.165, 1.54) is 13.2 Å². The summed E-state index contributed by atoms with van der Waals surface area (Å²) in [5.74, 6) is -4.20. The molecule has 34 heavy (non-hydrogen) atoms. The van der Waals surface area contributed by atoms with Crippen LogP contribution in [0.4, 0.5) is 8.78 Å². The Bertz CT molecular complexity index is 1140.